The second kappa shape index (κ2) is 11.7. The van der Waals surface area contributed by atoms with Crippen molar-refractivity contribution in [1.82, 2.24) is 9.97 Å². The maximum absolute atomic E-state index is 4.92. The zero-order valence-corrected chi connectivity index (χ0v) is 24.8. The minimum Gasteiger partial charge on any atom is -0.384 e. The van der Waals surface area contributed by atoms with E-state index in [4.69, 9.17) is 9.97 Å². The van der Waals surface area contributed by atoms with Crippen molar-refractivity contribution in [3.63, 3.8) is 0 Å². The summed E-state index contributed by atoms with van der Waals surface area (Å²) < 4.78 is 0. The summed E-state index contributed by atoms with van der Waals surface area (Å²) in [5.41, 5.74) is 11.7. The van der Waals surface area contributed by atoms with Gasteiger partial charge in [0.1, 0.15) is 0 Å². The molecule has 208 valence electrons. The molecule has 4 heteroatoms. The molecule has 2 N–H and O–H groups in total. The van der Waals surface area contributed by atoms with Gasteiger partial charge >= 0.3 is 0 Å². The number of nitrogens with zero attached hydrogens (tertiary/aromatic N) is 2. The maximum Gasteiger partial charge on any atom is 0.0730 e. The van der Waals surface area contributed by atoms with Gasteiger partial charge in [0.15, 0.2) is 0 Å². The number of hydrogen-bond acceptors (Lipinski definition) is 4. The van der Waals surface area contributed by atoms with E-state index >= 15 is 0 Å². The van der Waals surface area contributed by atoms with Gasteiger partial charge in [-0.2, -0.15) is 0 Å². The number of aryl methyl sites for hydroxylation is 4. The Morgan fingerprint density at radius 2 is 0.707 bits per heavy atom. The highest BCUT2D eigenvalue weighted by molar-refractivity contribution is 6.08. The van der Waals surface area contributed by atoms with Crippen molar-refractivity contribution >= 4 is 55.0 Å². The van der Waals surface area contributed by atoms with Crippen LogP contribution in [0.4, 0.5) is 11.4 Å². The zero-order valence-electron chi connectivity index (χ0n) is 24.8. The first-order valence-electron chi connectivity index (χ1n) is 15.1. The number of aromatic nitrogens is 2. The molecule has 4 aromatic carbocycles. The van der Waals surface area contributed by atoms with Crippen LogP contribution < -0.4 is 10.6 Å². The highest BCUT2D eigenvalue weighted by Crippen LogP contribution is 2.33. The topological polar surface area (TPSA) is 49.8 Å². The van der Waals surface area contributed by atoms with Crippen LogP contribution >= 0.6 is 0 Å². The summed E-state index contributed by atoms with van der Waals surface area (Å²) >= 11 is 0. The molecule has 0 saturated heterocycles. The van der Waals surface area contributed by atoms with E-state index in [9.17, 15) is 0 Å². The van der Waals surface area contributed by atoms with Crippen molar-refractivity contribution in [3.05, 3.63) is 95.1 Å². The molecule has 0 aliphatic heterocycles. The first-order valence-corrected chi connectivity index (χ1v) is 15.1. The van der Waals surface area contributed by atoms with Crippen LogP contribution in [0.1, 0.15) is 54.4 Å². The number of hydrogen-bond donors (Lipinski definition) is 2. The van der Waals surface area contributed by atoms with Gasteiger partial charge in [-0.1, -0.05) is 65.8 Å². The normalized spacial score (nSPS) is 11.6. The maximum atomic E-state index is 4.92. The summed E-state index contributed by atoms with van der Waals surface area (Å²) in [6.07, 6.45) is 6.02. The van der Waals surface area contributed by atoms with Crippen LogP contribution in [0.15, 0.2) is 72.8 Å². The SMILES string of the molecule is Cc1ccc2nc3ccc(C)cc3c(NCCCCCCCNc3c4cc(C)ccc4nc4ccc(C)cc34)c2c1. The van der Waals surface area contributed by atoms with Gasteiger partial charge in [0, 0.05) is 34.6 Å². The molecular formula is C37H40N4. The van der Waals surface area contributed by atoms with Gasteiger partial charge < -0.3 is 10.6 Å². The Hall–Kier alpha value is -4.18. The second-order valence-corrected chi connectivity index (χ2v) is 11.7. The Labute approximate surface area is 243 Å². The Morgan fingerprint density at radius 3 is 1.02 bits per heavy atom. The standard InChI is InChI=1S/C37H40N4/c1-24-10-14-32-28(20-24)36(29-21-25(2)11-15-33(29)40-32)38-18-8-6-5-7-9-19-39-37-30-22-26(3)12-16-34(30)41-35-17-13-27(4)23-31(35)37/h10-17,20-23H,5-9,18-19H2,1-4H3,(H,38,40)(H,39,41). The van der Waals surface area contributed by atoms with Gasteiger partial charge in [0.25, 0.3) is 0 Å². The number of pyridine rings is 2. The molecule has 0 radical (unpaired) electrons. The monoisotopic (exact) mass is 540 g/mol. The quantitative estimate of drug-likeness (QED) is 0.134. The van der Waals surface area contributed by atoms with Crippen molar-refractivity contribution in [2.75, 3.05) is 23.7 Å². The summed E-state index contributed by atoms with van der Waals surface area (Å²) in [4.78, 5) is 9.84. The van der Waals surface area contributed by atoms with Crippen LogP contribution in [-0.4, -0.2) is 23.1 Å². The average Bonchev–Trinajstić information content (AvgIpc) is 2.96. The second-order valence-electron chi connectivity index (χ2n) is 11.7. The molecular weight excluding hydrogens is 500 g/mol. The van der Waals surface area contributed by atoms with E-state index in [2.05, 4.69) is 111 Å². The van der Waals surface area contributed by atoms with Crippen molar-refractivity contribution in [1.29, 1.82) is 0 Å². The largest absolute Gasteiger partial charge is 0.384 e. The Kier molecular flexibility index (Phi) is 7.74. The molecule has 6 rings (SSSR count). The summed E-state index contributed by atoms with van der Waals surface area (Å²) in [5.74, 6) is 0. The van der Waals surface area contributed by atoms with Crippen molar-refractivity contribution < 1.29 is 0 Å². The lowest BCUT2D eigenvalue weighted by Crippen LogP contribution is -2.05. The van der Waals surface area contributed by atoms with E-state index in [0.717, 1.165) is 48.0 Å². The number of benzene rings is 4. The molecule has 2 heterocycles. The van der Waals surface area contributed by atoms with Crippen LogP contribution in [-0.2, 0) is 0 Å². The molecule has 0 spiro atoms. The predicted molar refractivity (Wildman–Crippen MR) is 178 cm³/mol. The number of anilines is 2. The van der Waals surface area contributed by atoms with Gasteiger partial charge in [-0.25, -0.2) is 9.97 Å². The van der Waals surface area contributed by atoms with E-state index in [1.165, 1.54) is 74.4 Å². The molecule has 0 bridgehead atoms. The van der Waals surface area contributed by atoms with Crippen LogP contribution in [0.5, 0.6) is 0 Å². The summed E-state index contributed by atoms with van der Waals surface area (Å²) in [6, 6.07) is 26.2. The van der Waals surface area contributed by atoms with E-state index in [-0.39, 0.29) is 0 Å². The van der Waals surface area contributed by atoms with Gasteiger partial charge in [-0.05, 0) is 89.1 Å². The lowest BCUT2D eigenvalue weighted by molar-refractivity contribution is 0.636. The molecule has 4 nitrogen and oxygen atoms in total. The highest BCUT2D eigenvalue weighted by atomic mass is 14.9. The van der Waals surface area contributed by atoms with Crippen molar-refractivity contribution in [2.24, 2.45) is 0 Å². The third-order valence-corrected chi connectivity index (χ3v) is 8.12. The van der Waals surface area contributed by atoms with Crippen LogP contribution in [0.25, 0.3) is 43.6 Å². The lowest BCUT2D eigenvalue weighted by Gasteiger charge is -2.15. The predicted octanol–water partition coefficient (Wildman–Crippen LogP) is 9.80. The molecule has 0 fully saturated rings. The molecule has 0 amide bonds. The van der Waals surface area contributed by atoms with E-state index in [1.807, 2.05) is 0 Å². The number of nitrogens with one attached hydrogen (secondary N) is 2. The van der Waals surface area contributed by atoms with Crippen LogP contribution in [0, 0.1) is 27.7 Å². The molecule has 0 saturated carbocycles. The first kappa shape index (κ1) is 27.0. The Bertz CT molecular complexity index is 1610. The smallest absolute Gasteiger partial charge is 0.0730 e. The third-order valence-electron chi connectivity index (χ3n) is 8.12. The lowest BCUT2D eigenvalue weighted by atomic mass is 10.0. The van der Waals surface area contributed by atoms with Gasteiger partial charge in [0.2, 0.25) is 0 Å². The molecule has 0 aliphatic carbocycles. The van der Waals surface area contributed by atoms with Crippen LogP contribution in [0.3, 0.4) is 0 Å². The summed E-state index contributed by atoms with van der Waals surface area (Å²) in [6.45, 7) is 10.6. The minimum absolute atomic E-state index is 0.974. The zero-order chi connectivity index (χ0) is 28.3. The molecule has 6 aromatic rings. The van der Waals surface area contributed by atoms with Crippen molar-refractivity contribution in [2.45, 2.75) is 59.8 Å². The van der Waals surface area contributed by atoms with Gasteiger partial charge in [-0.15, -0.1) is 0 Å². The van der Waals surface area contributed by atoms with E-state index in [0.29, 0.717) is 0 Å². The summed E-state index contributed by atoms with van der Waals surface area (Å²) in [5, 5.41) is 12.5. The van der Waals surface area contributed by atoms with Gasteiger partial charge in [0.05, 0.1) is 33.4 Å². The van der Waals surface area contributed by atoms with Gasteiger partial charge in [-0.3, -0.25) is 0 Å². The van der Waals surface area contributed by atoms with Crippen molar-refractivity contribution in [3.8, 4) is 0 Å². The summed E-state index contributed by atoms with van der Waals surface area (Å²) in [7, 11) is 0. The molecule has 41 heavy (non-hydrogen) atoms. The van der Waals surface area contributed by atoms with E-state index < -0.39 is 0 Å². The Balaban J connectivity index is 1.04. The molecule has 0 unspecified atom stereocenters. The molecule has 0 atom stereocenters. The fraction of sp³-hybridized carbons (Fsp3) is 0.297. The number of fused-ring (bicyclic) bond motifs is 4. The molecule has 2 aromatic heterocycles. The minimum atomic E-state index is 0.974. The fourth-order valence-corrected chi connectivity index (χ4v) is 5.93. The molecule has 0 aliphatic rings. The number of rotatable bonds is 10. The first-order chi connectivity index (χ1) is 20.0. The highest BCUT2D eigenvalue weighted by Gasteiger charge is 2.11. The third kappa shape index (κ3) is 5.83. The Morgan fingerprint density at radius 1 is 0.415 bits per heavy atom. The number of unbranched alkanes of at least 4 members (excludes halogenated alkanes) is 4. The average molecular weight is 541 g/mol. The van der Waals surface area contributed by atoms with Crippen LogP contribution in [0.2, 0.25) is 0 Å². The van der Waals surface area contributed by atoms with E-state index in [1.54, 1.807) is 0 Å². The fourth-order valence-electron chi connectivity index (χ4n) is 5.93.